The zero-order chi connectivity index (χ0) is 21.0. The van der Waals surface area contributed by atoms with E-state index in [0.29, 0.717) is 5.11 Å². The van der Waals surface area contributed by atoms with Crippen molar-refractivity contribution in [2.75, 3.05) is 24.5 Å². The fraction of sp³-hybridized carbons (Fsp3) is 0.318. The molecule has 0 amide bonds. The molecule has 0 aliphatic rings. The van der Waals surface area contributed by atoms with Gasteiger partial charge in [0, 0.05) is 48.7 Å². The monoisotopic (exact) mass is 558 g/mol. The van der Waals surface area contributed by atoms with Crippen LogP contribution < -0.4 is 15.5 Å². The number of imidazole rings is 1. The highest BCUT2D eigenvalue weighted by Crippen LogP contribution is 2.16. The molecule has 3 rings (SSSR count). The maximum atomic E-state index is 5.38. The van der Waals surface area contributed by atoms with Gasteiger partial charge in [-0.3, -0.25) is 0 Å². The summed E-state index contributed by atoms with van der Waals surface area (Å²) in [5.74, 6) is 0.986. The second kappa shape index (κ2) is 15.9. The SMILES string of the molecule is Cl.Cl.S=C(NCCCc1cnc[nH]1)NCCCN(Cc1ccc(Br)cc1)c1ccccn1. The fourth-order valence-corrected chi connectivity index (χ4v) is 3.53. The Morgan fingerprint density at radius 2 is 1.78 bits per heavy atom. The van der Waals surface area contributed by atoms with Gasteiger partial charge in [0.05, 0.1) is 6.33 Å². The molecule has 0 atom stereocenters. The van der Waals surface area contributed by atoms with Gasteiger partial charge >= 0.3 is 0 Å². The zero-order valence-electron chi connectivity index (χ0n) is 17.7. The predicted molar refractivity (Wildman–Crippen MR) is 144 cm³/mol. The number of pyridine rings is 1. The standard InChI is InChI=1S/C22H27BrN6S.2ClH/c23-19-9-7-18(8-10-19)16-29(21-6-1-2-11-25-21)14-4-13-27-22(30)26-12-3-5-20-15-24-17-28-20;;/h1-2,6-11,15,17H,3-5,12-14,16H2,(H,24,28)(H2,26,27,30);2*1H. The topological polar surface area (TPSA) is 68.9 Å². The maximum absolute atomic E-state index is 5.38. The normalized spacial score (nSPS) is 9.91. The molecule has 3 N–H and O–H groups in total. The number of nitrogens with zero attached hydrogens (tertiary/aromatic N) is 3. The minimum absolute atomic E-state index is 0. The third kappa shape index (κ3) is 10.2. The lowest BCUT2D eigenvalue weighted by atomic mass is 10.2. The number of nitrogens with one attached hydrogen (secondary N) is 3. The number of benzene rings is 1. The largest absolute Gasteiger partial charge is 0.363 e. The highest BCUT2D eigenvalue weighted by atomic mass is 79.9. The van der Waals surface area contributed by atoms with E-state index in [1.807, 2.05) is 24.5 Å². The van der Waals surface area contributed by atoms with Crippen LogP contribution in [0.15, 0.2) is 65.7 Å². The Labute approximate surface area is 216 Å². The van der Waals surface area contributed by atoms with Crippen molar-refractivity contribution in [3.05, 3.63) is 76.9 Å². The molecule has 0 bridgehead atoms. The molecule has 0 unspecified atom stereocenters. The van der Waals surface area contributed by atoms with Crippen molar-refractivity contribution in [2.24, 2.45) is 0 Å². The van der Waals surface area contributed by atoms with Gasteiger partial charge in [-0.15, -0.1) is 24.8 Å². The van der Waals surface area contributed by atoms with Gasteiger partial charge in [0.15, 0.2) is 5.11 Å². The first-order valence-corrected chi connectivity index (χ1v) is 11.3. The van der Waals surface area contributed by atoms with Crippen LogP contribution in [0.5, 0.6) is 0 Å². The smallest absolute Gasteiger partial charge is 0.166 e. The Bertz CT molecular complexity index is 881. The molecule has 3 aromatic rings. The highest BCUT2D eigenvalue weighted by molar-refractivity contribution is 9.10. The van der Waals surface area contributed by atoms with Gasteiger partial charge in [-0.05, 0) is 61.3 Å². The molecule has 0 aliphatic heterocycles. The van der Waals surface area contributed by atoms with Gasteiger partial charge in [0.25, 0.3) is 0 Å². The molecule has 174 valence electrons. The van der Waals surface area contributed by atoms with Crippen LogP contribution in [0.3, 0.4) is 0 Å². The molecule has 32 heavy (non-hydrogen) atoms. The number of H-pyrrole nitrogens is 1. The minimum atomic E-state index is 0. The van der Waals surface area contributed by atoms with E-state index in [-0.39, 0.29) is 24.8 Å². The lowest BCUT2D eigenvalue weighted by molar-refractivity contribution is 0.690. The summed E-state index contributed by atoms with van der Waals surface area (Å²) in [5.41, 5.74) is 2.40. The van der Waals surface area contributed by atoms with Crippen molar-refractivity contribution in [3.63, 3.8) is 0 Å². The van der Waals surface area contributed by atoms with Gasteiger partial charge in [0.1, 0.15) is 5.82 Å². The summed E-state index contributed by atoms with van der Waals surface area (Å²) in [7, 11) is 0. The van der Waals surface area contributed by atoms with E-state index in [4.69, 9.17) is 12.2 Å². The first-order chi connectivity index (χ1) is 14.7. The van der Waals surface area contributed by atoms with Crippen LogP contribution in [0.25, 0.3) is 0 Å². The quantitative estimate of drug-likeness (QED) is 0.229. The average Bonchev–Trinajstić information content (AvgIpc) is 3.29. The summed E-state index contributed by atoms with van der Waals surface area (Å²) in [5, 5.41) is 7.27. The van der Waals surface area contributed by atoms with E-state index in [1.165, 1.54) is 5.56 Å². The number of thiocarbonyl (C=S) groups is 1. The number of rotatable bonds is 11. The van der Waals surface area contributed by atoms with E-state index in [0.717, 1.165) is 61.4 Å². The summed E-state index contributed by atoms with van der Waals surface area (Å²) < 4.78 is 1.09. The number of hydrogen-bond acceptors (Lipinski definition) is 4. The van der Waals surface area contributed by atoms with Gasteiger partial charge in [-0.2, -0.15) is 0 Å². The van der Waals surface area contributed by atoms with E-state index in [9.17, 15) is 0 Å². The summed E-state index contributed by atoms with van der Waals surface area (Å²) >= 11 is 8.88. The molecule has 0 saturated heterocycles. The van der Waals surface area contributed by atoms with Crippen molar-refractivity contribution >= 4 is 63.9 Å². The van der Waals surface area contributed by atoms with Crippen molar-refractivity contribution in [2.45, 2.75) is 25.8 Å². The first kappa shape index (κ1) is 28.2. The molecule has 2 heterocycles. The summed E-state index contributed by atoms with van der Waals surface area (Å²) in [6, 6.07) is 14.4. The van der Waals surface area contributed by atoms with Crippen LogP contribution in [0.4, 0.5) is 5.82 Å². The van der Waals surface area contributed by atoms with Crippen LogP contribution >= 0.6 is 53.0 Å². The average molecular weight is 560 g/mol. The molecule has 1 aromatic carbocycles. The molecular weight excluding hydrogens is 531 g/mol. The molecule has 0 radical (unpaired) electrons. The van der Waals surface area contributed by atoms with Crippen molar-refractivity contribution in [1.29, 1.82) is 0 Å². The third-order valence-corrected chi connectivity index (χ3v) is 5.43. The van der Waals surface area contributed by atoms with Crippen LogP contribution in [0, 0.1) is 0 Å². The Hall–Kier alpha value is -1.87. The molecule has 0 saturated carbocycles. The summed E-state index contributed by atoms with van der Waals surface area (Å²) in [6.07, 6.45) is 8.33. The Morgan fingerprint density at radius 3 is 2.44 bits per heavy atom. The molecule has 0 spiro atoms. The molecule has 6 nitrogen and oxygen atoms in total. The number of hydrogen-bond donors (Lipinski definition) is 3. The number of halogens is 3. The first-order valence-electron chi connectivity index (χ1n) is 10.1. The predicted octanol–water partition coefficient (Wildman–Crippen LogP) is 4.90. The van der Waals surface area contributed by atoms with Gasteiger partial charge in [-0.1, -0.05) is 34.1 Å². The van der Waals surface area contributed by atoms with Gasteiger partial charge < -0.3 is 20.5 Å². The van der Waals surface area contributed by atoms with Crippen molar-refractivity contribution in [3.8, 4) is 0 Å². The second-order valence-electron chi connectivity index (χ2n) is 6.95. The Kier molecular flexibility index (Phi) is 14.0. The van der Waals surface area contributed by atoms with Crippen LogP contribution in [0.1, 0.15) is 24.1 Å². The minimum Gasteiger partial charge on any atom is -0.363 e. The Balaban J connectivity index is 0.00000256. The van der Waals surface area contributed by atoms with Crippen LogP contribution in [-0.2, 0) is 13.0 Å². The van der Waals surface area contributed by atoms with Crippen molar-refractivity contribution < 1.29 is 0 Å². The maximum Gasteiger partial charge on any atom is 0.166 e. The van der Waals surface area contributed by atoms with Crippen LogP contribution in [-0.4, -0.2) is 39.7 Å². The fourth-order valence-electron chi connectivity index (χ4n) is 3.06. The Morgan fingerprint density at radius 1 is 1.03 bits per heavy atom. The number of aromatic nitrogens is 3. The second-order valence-corrected chi connectivity index (χ2v) is 8.28. The van der Waals surface area contributed by atoms with E-state index in [2.05, 4.69) is 76.7 Å². The zero-order valence-corrected chi connectivity index (χ0v) is 21.7. The van der Waals surface area contributed by atoms with E-state index >= 15 is 0 Å². The highest BCUT2D eigenvalue weighted by Gasteiger charge is 2.08. The van der Waals surface area contributed by atoms with E-state index in [1.54, 1.807) is 6.33 Å². The van der Waals surface area contributed by atoms with E-state index < -0.39 is 0 Å². The lowest BCUT2D eigenvalue weighted by Crippen LogP contribution is -2.37. The van der Waals surface area contributed by atoms with Crippen molar-refractivity contribution in [1.82, 2.24) is 25.6 Å². The van der Waals surface area contributed by atoms with Gasteiger partial charge in [0.2, 0.25) is 0 Å². The lowest BCUT2D eigenvalue weighted by Gasteiger charge is -2.24. The molecule has 0 fully saturated rings. The van der Waals surface area contributed by atoms with Gasteiger partial charge in [-0.25, -0.2) is 9.97 Å². The molecular formula is C22H29BrCl2N6S. The summed E-state index contributed by atoms with van der Waals surface area (Å²) in [4.78, 5) is 14.0. The summed E-state index contributed by atoms with van der Waals surface area (Å²) in [6.45, 7) is 3.37. The molecule has 0 aliphatic carbocycles. The molecule has 10 heteroatoms. The van der Waals surface area contributed by atoms with Crippen LogP contribution in [0.2, 0.25) is 0 Å². The third-order valence-electron chi connectivity index (χ3n) is 4.61. The number of aromatic amines is 1. The molecule has 2 aromatic heterocycles. The number of aryl methyl sites for hydroxylation is 1. The number of anilines is 1.